The number of ether oxygens (including phenoxy) is 1. The Balaban J connectivity index is 1.68. The van der Waals surface area contributed by atoms with Gasteiger partial charge in [-0.15, -0.1) is 0 Å². The van der Waals surface area contributed by atoms with Gasteiger partial charge in [-0.25, -0.2) is 4.79 Å². The minimum absolute atomic E-state index is 0.162. The molecule has 0 atom stereocenters. The largest absolute Gasteiger partial charge is 0.465 e. The van der Waals surface area contributed by atoms with Gasteiger partial charge in [0.15, 0.2) is 0 Å². The van der Waals surface area contributed by atoms with Crippen LogP contribution in [0.2, 0.25) is 0 Å². The van der Waals surface area contributed by atoms with Gasteiger partial charge in [0.1, 0.15) is 0 Å². The van der Waals surface area contributed by atoms with Crippen molar-refractivity contribution in [3.05, 3.63) is 65.8 Å². The number of benzene rings is 1. The second kappa shape index (κ2) is 7.56. The number of aromatic nitrogens is 3. The molecule has 3 aromatic rings. The fourth-order valence-corrected chi connectivity index (χ4v) is 2.30. The summed E-state index contributed by atoms with van der Waals surface area (Å²) in [5.41, 5.74) is 1.60. The van der Waals surface area contributed by atoms with Crippen molar-refractivity contribution in [3.8, 4) is 11.4 Å². The van der Waals surface area contributed by atoms with E-state index in [1.54, 1.807) is 55.8 Å². The lowest BCUT2D eigenvalue weighted by molar-refractivity contribution is 0.0600. The third-order valence-electron chi connectivity index (χ3n) is 3.68. The Morgan fingerprint density at radius 2 is 1.73 bits per heavy atom. The number of esters is 1. The van der Waals surface area contributed by atoms with E-state index in [-0.39, 0.29) is 12.5 Å². The van der Waals surface area contributed by atoms with E-state index in [1.165, 1.54) is 12.0 Å². The van der Waals surface area contributed by atoms with Crippen LogP contribution in [0.4, 0.5) is 0 Å². The van der Waals surface area contributed by atoms with Crippen molar-refractivity contribution in [1.29, 1.82) is 0 Å². The first-order valence-corrected chi connectivity index (χ1v) is 7.75. The summed E-state index contributed by atoms with van der Waals surface area (Å²) in [4.78, 5) is 33.6. The maximum absolute atomic E-state index is 12.5. The van der Waals surface area contributed by atoms with Gasteiger partial charge in [-0.2, -0.15) is 4.98 Å². The number of hydrogen-bond donors (Lipinski definition) is 0. The van der Waals surface area contributed by atoms with Crippen LogP contribution >= 0.6 is 0 Å². The molecule has 0 fully saturated rings. The van der Waals surface area contributed by atoms with Crippen LogP contribution in [0.5, 0.6) is 0 Å². The molecular formula is C18H16N4O4. The van der Waals surface area contributed by atoms with Crippen LogP contribution in [0.1, 0.15) is 26.6 Å². The Hall–Kier alpha value is -3.55. The zero-order valence-electron chi connectivity index (χ0n) is 14.2. The third-order valence-corrected chi connectivity index (χ3v) is 3.68. The number of carbonyl (C=O) groups excluding carboxylic acids is 2. The molecular weight excluding hydrogens is 336 g/mol. The molecule has 0 saturated heterocycles. The minimum Gasteiger partial charge on any atom is -0.465 e. The number of carbonyl (C=O) groups is 2. The fourth-order valence-electron chi connectivity index (χ4n) is 2.30. The Labute approximate surface area is 149 Å². The predicted molar refractivity (Wildman–Crippen MR) is 91.1 cm³/mol. The minimum atomic E-state index is -0.452. The Morgan fingerprint density at radius 1 is 1.08 bits per heavy atom. The van der Waals surface area contributed by atoms with E-state index in [9.17, 15) is 9.59 Å². The van der Waals surface area contributed by atoms with Gasteiger partial charge < -0.3 is 14.2 Å². The van der Waals surface area contributed by atoms with Crippen LogP contribution in [0.15, 0.2) is 53.3 Å². The summed E-state index contributed by atoms with van der Waals surface area (Å²) in [6.45, 7) is 0.162. The summed E-state index contributed by atoms with van der Waals surface area (Å²) in [5, 5.41) is 3.91. The maximum Gasteiger partial charge on any atom is 0.337 e. The van der Waals surface area contributed by atoms with Crippen molar-refractivity contribution in [1.82, 2.24) is 20.0 Å². The van der Waals surface area contributed by atoms with Crippen molar-refractivity contribution >= 4 is 11.9 Å². The maximum atomic E-state index is 12.5. The van der Waals surface area contributed by atoms with Crippen LogP contribution < -0.4 is 0 Å². The zero-order valence-corrected chi connectivity index (χ0v) is 14.2. The van der Waals surface area contributed by atoms with Crippen LogP contribution in [-0.2, 0) is 11.3 Å². The van der Waals surface area contributed by atoms with Crippen molar-refractivity contribution in [2.75, 3.05) is 14.2 Å². The zero-order chi connectivity index (χ0) is 18.5. The Morgan fingerprint density at radius 3 is 2.38 bits per heavy atom. The molecule has 0 unspecified atom stereocenters. The molecule has 8 nitrogen and oxygen atoms in total. The second-order valence-corrected chi connectivity index (χ2v) is 5.48. The highest BCUT2D eigenvalue weighted by atomic mass is 16.5. The molecule has 0 spiro atoms. The summed E-state index contributed by atoms with van der Waals surface area (Å²) >= 11 is 0. The molecule has 132 valence electrons. The molecule has 0 N–H and O–H groups in total. The first kappa shape index (κ1) is 17.3. The first-order valence-electron chi connectivity index (χ1n) is 7.75. The number of methoxy groups -OCH3 is 1. The van der Waals surface area contributed by atoms with E-state index in [0.717, 1.165) is 5.56 Å². The van der Waals surface area contributed by atoms with Gasteiger partial charge in [0, 0.05) is 30.6 Å². The van der Waals surface area contributed by atoms with E-state index >= 15 is 0 Å². The lowest BCUT2D eigenvalue weighted by atomic mass is 10.1. The van der Waals surface area contributed by atoms with E-state index < -0.39 is 5.97 Å². The molecule has 2 heterocycles. The predicted octanol–water partition coefficient (Wildman–Crippen LogP) is 2.19. The highest BCUT2D eigenvalue weighted by molar-refractivity contribution is 5.96. The van der Waals surface area contributed by atoms with E-state index in [2.05, 4.69) is 19.9 Å². The highest BCUT2D eigenvalue weighted by Crippen LogP contribution is 2.15. The molecule has 1 aromatic carbocycles. The molecule has 0 radical (unpaired) electrons. The molecule has 0 aliphatic carbocycles. The number of hydrogen-bond acceptors (Lipinski definition) is 7. The smallest absolute Gasteiger partial charge is 0.337 e. The van der Waals surface area contributed by atoms with Gasteiger partial charge >= 0.3 is 5.97 Å². The molecule has 3 rings (SSSR count). The van der Waals surface area contributed by atoms with Crippen molar-refractivity contribution in [2.45, 2.75) is 6.54 Å². The second-order valence-electron chi connectivity index (χ2n) is 5.48. The quantitative estimate of drug-likeness (QED) is 0.649. The van der Waals surface area contributed by atoms with Gasteiger partial charge in [0.25, 0.3) is 5.91 Å². The van der Waals surface area contributed by atoms with E-state index in [4.69, 9.17) is 4.52 Å². The summed E-state index contributed by atoms with van der Waals surface area (Å²) in [5.74, 6) is 0.0708. The molecule has 0 aliphatic heterocycles. The van der Waals surface area contributed by atoms with E-state index in [0.29, 0.717) is 22.8 Å². The molecule has 1 amide bonds. The molecule has 0 bridgehead atoms. The van der Waals surface area contributed by atoms with Crippen LogP contribution in [0.25, 0.3) is 11.4 Å². The lowest BCUT2D eigenvalue weighted by Gasteiger charge is -2.14. The fraction of sp³-hybridized carbons (Fsp3) is 0.167. The lowest BCUT2D eigenvalue weighted by Crippen LogP contribution is -2.26. The first-order chi connectivity index (χ1) is 12.6. The average molecular weight is 352 g/mol. The van der Waals surface area contributed by atoms with E-state index in [1.807, 2.05) is 0 Å². The molecule has 0 aliphatic rings. The molecule has 8 heteroatoms. The summed E-state index contributed by atoms with van der Waals surface area (Å²) in [6, 6.07) is 9.77. The van der Waals surface area contributed by atoms with Crippen molar-refractivity contribution in [2.24, 2.45) is 0 Å². The standard InChI is InChI=1S/C18H16N4O4/c1-22(17(23)13-3-5-14(6-4-13)18(24)25-2)11-15-20-16(21-26-15)12-7-9-19-10-8-12/h3-10H,11H2,1-2H3. The van der Waals surface area contributed by atoms with Gasteiger partial charge in [0.2, 0.25) is 11.7 Å². The summed E-state index contributed by atoms with van der Waals surface area (Å²) in [6.07, 6.45) is 3.28. The summed E-state index contributed by atoms with van der Waals surface area (Å²) in [7, 11) is 2.94. The Kier molecular flexibility index (Phi) is 5.02. The Bertz CT molecular complexity index is 906. The van der Waals surface area contributed by atoms with Gasteiger partial charge in [-0.1, -0.05) is 5.16 Å². The monoisotopic (exact) mass is 352 g/mol. The van der Waals surface area contributed by atoms with Crippen LogP contribution in [-0.4, -0.2) is 46.1 Å². The number of pyridine rings is 1. The molecule has 0 saturated carbocycles. The normalized spacial score (nSPS) is 10.4. The average Bonchev–Trinajstić information content (AvgIpc) is 3.16. The number of amides is 1. The van der Waals surface area contributed by atoms with Crippen LogP contribution in [0, 0.1) is 0 Å². The van der Waals surface area contributed by atoms with Gasteiger partial charge in [-0.3, -0.25) is 9.78 Å². The van der Waals surface area contributed by atoms with Crippen molar-refractivity contribution in [3.63, 3.8) is 0 Å². The number of rotatable bonds is 5. The molecule has 26 heavy (non-hydrogen) atoms. The van der Waals surface area contributed by atoms with Gasteiger partial charge in [0.05, 0.1) is 19.2 Å². The number of nitrogens with zero attached hydrogens (tertiary/aromatic N) is 4. The highest BCUT2D eigenvalue weighted by Gasteiger charge is 2.17. The van der Waals surface area contributed by atoms with Crippen molar-refractivity contribution < 1.29 is 18.8 Å². The SMILES string of the molecule is COC(=O)c1ccc(C(=O)N(C)Cc2nc(-c3ccncc3)no2)cc1. The third kappa shape index (κ3) is 3.75. The van der Waals surface area contributed by atoms with Gasteiger partial charge in [-0.05, 0) is 36.4 Å². The molecule has 2 aromatic heterocycles. The summed E-state index contributed by atoms with van der Waals surface area (Å²) < 4.78 is 9.84. The van der Waals surface area contributed by atoms with Crippen LogP contribution in [0.3, 0.4) is 0 Å². The topological polar surface area (TPSA) is 98.4 Å².